The molecular formula is C5HF12NO4S2. The van der Waals surface area contributed by atoms with Gasteiger partial charge in [0.15, 0.2) is 0 Å². The van der Waals surface area contributed by atoms with Gasteiger partial charge in [-0.25, -0.2) is 16.8 Å². The van der Waals surface area contributed by atoms with Crippen LogP contribution < -0.4 is 4.13 Å². The molecule has 0 aromatic carbocycles. The predicted octanol–water partition coefficient (Wildman–Crippen LogP) is 2.18. The predicted molar refractivity (Wildman–Crippen MR) is 47.9 cm³/mol. The zero-order valence-electron chi connectivity index (χ0n) is 9.99. The standard InChI is InChI=1S/C5HF12NO4S2/c6-2(7,8)1(3(9,10)11,4(12,13)14)23(19,20)18-24(21,22)5(15,16)17/h18H. The summed E-state index contributed by atoms with van der Waals surface area (Å²) in [5.41, 5.74) is -6.82. The van der Waals surface area contributed by atoms with Crippen LogP contribution in [-0.2, 0) is 20.0 Å². The van der Waals surface area contributed by atoms with Crippen molar-refractivity contribution in [2.75, 3.05) is 0 Å². The Morgan fingerprint density at radius 2 is 0.750 bits per heavy atom. The zero-order valence-corrected chi connectivity index (χ0v) is 11.6. The Balaban J connectivity index is 6.94. The highest BCUT2D eigenvalue weighted by Gasteiger charge is 2.91. The normalized spacial score (nSPS) is 16.3. The van der Waals surface area contributed by atoms with Crippen LogP contribution in [0.25, 0.3) is 0 Å². The Hall–Kier alpha value is -0.980. The molecule has 146 valence electrons. The molecule has 0 radical (unpaired) electrons. The van der Waals surface area contributed by atoms with Gasteiger partial charge >= 0.3 is 38.8 Å². The maximum absolute atomic E-state index is 12.4. The van der Waals surface area contributed by atoms with Crippen molar-refractivity contribution in [2.45, 2.75) is 28.8 Å². The van der Waals surface area contributed by atoms with Gasteiger partial charge in [-0.2, -0.15) is 52.7 Å². The van der Waals surface area contributed by atoms with Gasteiger partial charge in [-0.1, -0.05) is 4.13 Å². The molecule has 0 atom stereocenters. The Morgan fingerprint density at radius 1 is 0.500 bits per heavy atom. The number of nitrogens with one attached hydrogen (secondary N) is 1. The van der Waals surface area contributed by atoms with Gasteiger partial charge in [-0.3, -0.25) is 0 Å². The summed E-state index contributed by atoms with van der Waals surface area (Å²) >= 11 is 0. The van der Waals surface area contributed by atoms with Gasteiger partial charge in [0.1, 0.15) is 0 Å². The minimum atomic E-state index is -8.33. The molecule has 19 heteroatoms. The topological polar surface area (TPSA) is 80.3 Å². The van der Waals surface area contributed by atoms with E-state index in [1.807, 2.05) is 0 Å². The van der Waals surface area contributed by atoms with Crippen LogP contribution in [0.2, 0.25) is 0 Å². The molecule has 0 fully saturated rings. The highest BCUT2D eigenvalue weighted by atomic mass is 32.3. The van der Waals surface area contributed by atoms with Crippen LogP contribution in [0.1, 0.15) is 0 Å². The third-order valence-corrected chi connectivity index (χ3v) is 5.99. The van der Waals surface area contributed by atoms with Crippen LogP contribution in [0.3, 0.4) is 0 Å². The van der Waals surface area contributed by atoms with E-state index in [2.05, 4.69) is 0 Å². The van der Waals surface area contributed by atoms with Crippen LogP contribution in [-0.4, -0.2) is 45.6 Å². The maximum atomic E-state index is 12.4. The molecule has 0 unspecified atom stereocenters. The van der Waals surface area contributed by atoms with E-state index >= 15 is 0 Å². The maximum Gasteiger partial charge on any atom is 0.512 e. The highest BCUT2D eigenvalue weighted by molar-refractivity contribution is 8.05. The fourth-order valence-corrected chi connectivity index (χ4v) is 4.14. The molecule has 0 rings (SSSR count). The van der Waals surface area contributed by atoms with E-state index in [4.69, 9.17) is 0 Å². The summed E-state index contributed by atoms with van der Waals surface area (Å²) < 4.78 is 181. The van der Waals surface area contributed by atoms with Gasteiger partial charge in [-0.15, -0.1) is 0 Å². The minimum absolute atomic E-state index is 1.21. The Kier molecular flexibility index (Phi) is 5.29. The van der Waals surface area contributed by atoms with Crippen molar-refractivity contribution >= 4 is 20.0 Å². The molecule has 0 amide bonds. The number of rotatable bonds is 3. The molecule has 1 N–H and O–H groups in total. The summed E-state index contributed by atoms with van der Waals surface area (Å²) in [6.45, 7) is 0. The van der Waals surface area contributed by atoms with E-state index in [0.717, 1.165) is 0 Å². The van der Waals surface area contributed by atoms with Gasteiger partial charge < -0.3 is 0 Å². The van der Waals surface area contributed by atoms with Crippen LogP contribution in [0.4, 0.5) is 52.7 Å². The van der Waals surface area contributed by atoms with Crippen molar-refractivity contribution < 1.29 is 69.5 Å². The molecule has 0 aliphatic rings. The lowest BCUT2D eigenvalue weighted by Crippen LogP contribution is -2.73. The van der Waals surface area contributed by atoms with Gasteiger partial charge in [0.25, 0.3) is 10.0 Å². The van der Waals surface area contributed by atoms with Crippen molar-refractivity contribution in [2.24, 2.45) is 0 Å². The summed E-state index contributed by atoms with van der Waals surface area (Å²) in [6, 6.07) is 0. The Morgan fingerprint density at radius 3 is 0.917 bits per heavy atom. The number of hydrogen-bond acceptors (Lipinski definition) is 4. The number of halogens is 12. The molecule has 5 nitrogen and oxygen atoms in total. The van der Waals surface area contributed by atoms with Crippen LogP contribution in [0.5, 0.6) is 0 Å². The van der Waals surface area contributed by atoms with Crippen molar-refractivity contribution in [1.82, 2.24) is 4.13 Å². The van der Waals surface area contributed by atoms with Gasteiger partial charge in [0.05, 0.1) is 0 Å². The molecule has 0 heterocycles. The first-order valence-electron chi connectivity index (χ1n) is 4.50. The van der Waals surface area contributed by atoms with Gasteiger partial charge in [-0.05, 0) is 0 Å². The van der Waals surface area contributed by atoms with Gasteiger partial charge in [0.2, 0.25) is 0 Å². The lowest BCUT2D eigenvalue weighted by atomic mass is 10.1. The third kappa shape index (κ3) is 3.37. The molecular weight excluding hydrogens is 430 g/mol. The second kappa shape index (κ2) is 5.51. The molecule has 0 saturated heterocycles. The summed E-state index contributed by atoms with van der Waals surface area (Å²) in [5.74, 6) is 0. The summed E-state index contributed by atoms with van der Waals surface area (Å²) in [5, 5.41) is 0. The van der Waals surface area contributed by atoms with E-state index in [-0.39, 0.29) is 0 Å². The van der Waals surface area contributed by atoms with E-state index in [9.17, 15) is 69.5 Å². The monoisotopic (exact) mass is 431 g/mol. The first kappa shape index (κ1) is 23.0. The molecule has 0 bridgehead atoms. The molecule has 0 aromatic rings. The fourth-order valence-electron chi connectivity index (χ4n) is 1.19. The Labute approximate surface area is 123 Å². The third-order valence-electron chi connectivity index (χ3n) is 2.12. The minimum Gasteiger partial charge on any atom is -0.210 e. The average Bonchev–Trinajstić information content (AvgIpc) is 2.03. The number of hydrogen-bond donors (Lipinski definition) is 1. The SMILES string of the molecule is O=S(=O)(NS(=O)(=O)C(C(F)(F)F)(C(F)(F)F)C(F)(F)F)C(F)(F)F. The lowest BCUT2D eigenvalue weighted by Gasteiger charge is -2.37. The summed E-state index contributed by atoms with van der Waals surface area (Å²) in [7, 11) is -15.9. The van der Waals surface area contributed by atoms with Crippen molar-refractivity contribution in [3.05, 3.63) is 0 Å². The van der Waals surface area contributed by atoms with E-state index in [0.29, 0.717) is 0 Å². The van der Waals surface area contributed by atoms with Gasteiger partial charge in [0, 0.05) is 0 Å². The molecule has 0 aliphatic heterocycles. The largest absolute Gasteiger partial charge is 0.512 e. The number of alkyl halides is 12. The molecule has 0 saturated carbocycles. The molecule has 24 heavy (non-hydrogen) atoms. The zero-order chi connectivity index (χ0) is 20.2. The van der Waals surface area contributed by atoms with Crippen molar-refractivity contribution in [3.8, 4) is 0 Å². The smallest absolute Gasteiger partial charge is 0.210 e. The highest BCUT2D eigenvalue weighted by Crippen LogP contribution is 2.57. The van der Waals surface area contributed by atoms with Crippen LogP contribution in [0, 0.1) is 0 Å². The first-order chi connectivity index (χ1) is 9.96. The molecule has 0 aromatic heterocycles. The molecule has 0 spiro atoms. The second-order valence-corrected chi connectivity index (χ2v) is 7.47. The second-order valence-electron chi connectivity index (χ2n) is 3.71. The number of sulfonamides is 2. The van der Waals surface area contributed by atoms with E-state index < -0.39 is 53.0 Å². The fraction of sp³-hybridized carbons (Fsp3) is 1.00. The first-order valence-corrected chi connectivity index (χ1v) is 7.47. The van der Waals surface area contributed by atoms with E-state index in [1.54, 1.807) is 0 Å². The lowest BCUT2D eigenvalue weighted by molar-refractivity contribution is -0.347. The van der Waals surface area contributed by atoms with Crippen LogP contribution in [0.15, 0.2) is 0 Å². The summed E-state index contributed by atoms with van der Waals surface area (Å²) in [4.78, 5) is 0. The van der Waals surface area contributed by atoms with E-state index in [1.165, 1.54) is 0 Å². The summed E-state index contributed by atoms with van der Waals surface area (Å²) in [6.07, 6.45) is -23.5. The average molecular weight is 431 g/mol. The van der Waals surface area contributed by atoms with Crippen molar-refractivity contribution in [1.29, 1.82) is 0 Å². The van der Waals surface area contributed by atoms with Crippen molar-refractivity contribution in [3.63, 3.8) is 0 Å². The quantitative estimate of drug-likeness (QED) is 0.695. The molecule has 0 aliphatic carbocycles. The Bertz CT molecular complexity index is 641. The van der Waals surface area contributed by atoms with Crippen LogP contribution >= 0.6 is 0 Å².